The summed E-state index contributed by atoms with van der Waals surface area (Å²) in [5, 5.41) is 2.84. The van der Waals surface area contributed by atoms with Gasteiger partial charge in [0.25, 0.3) is 5.56 Å². The predicted molar refractivity (Wildman–Crippen MR) is 114 cm³/mol. The Morgan fingerprint density at radius 2 is 2.03 bits per heavy atom. The number of nitrogens with zero attached hydrogens (tertiary/aromatic N) is 4. The lowest BCUT2D eigenvalue weighted by molar-refractivity contribution is -0.114. The highest BCUT2D eigenvalue weighted by molar-refractivity contribution is 7.99. The highest BCUT2D eigenvalue weighted by Gasteiger charge is 2.21. The summed E-state index contributed by atoms with van der Waals surface area (Å²) in [5.74, 6) is 1.14. The summed E-state index contributed by atoms with van der Waals surface area (Å²) >= 11 is 1.20. The van der Waals surface area contributed by atoms with Crippen molar-refractivity contribution in [1.82, 2.24) is 19.9 Å². The molecule has 0 aliphatic carbocycles. The third kappa shape index (κ3) is 5.15. The number of rotatable bonds is 6. The van der Waals surface area contributed by atoms with Crippen molar-refractivity contribution in [2.75, 3.05) is 50.6 Å². The second kappa shape index (κ2) is 9.10. The summed E-state index contributed by atoms with van der Waals surface area (Å²) in [4.78, 5) is 40.0. The number of carbonyl (C=O) groups excluding carboxylic acids is 1. The molecule has 0 radical (unpaired) electrons. The van der Waals surface area contributed by atoms with Crippen molar-refractivity contribution in [3.63, 3.8) is 0 Å². The molecule has 1 aliphatic rings. The minimum atomic E-state index is -0.365. The molecule has 2 aromatic rings. The van der Waals surface area contributed by atoms with Gasteiger partial charge < -0.3 is 24.8 Å². The topological polar surface area (TPSA) is 103 Å². The average Bonchev–Trinajstić information content (AvgIpc) is 2.67. The maximum Gasteiger partial charge on any atom is 0.253 e. The zero-order valence-electron chi connectivity index (χ0n) is 16.7. The third-order valence-electron chi connectivity index (χ3n) is 4.41. The molecule has 0 unspecified atom stereocenters. The zero-order valence-corrected chi connectivity index (χ0v) is 17.5. The Morgan fingerprint density at radius 3 is 2.66 bits per heavy atom. The molecular weight excluding hydrogens is 392 g/mol. The Balaban J connectivity index is 1.94. The number of hydrogen-bond acceptors (Lipinski definition) is 8. The van der Waals surface area contributed by atoms with E-state index in [1.165, 1.54) is 24.8 Å². The summed E-state index contributed by atoms with van der Waals surface area (Å²) in [6.07, 6.45) is 1.76. The summed E-state index contributed by atoms with van der Waals surface area (Å²) in [6, 6.07) is 3.15. The van der Waals surface area contributed by atoms with Gasteiger partial charge in [-0.05, 0) is 24.9 Å². The number of nitrogens with one attached hydrogen (secondary N) is 2. The van der Waals surface area contributed by atoms with Crippen LogP contribution in [-0.4, -0.2) is 66.1 Å². The smallest absolute Gasteiger partial charge is 0.253 e. The SMILES string of the molecule is C=Cc1cc(Sc2nc(NC(C)=O)cc(=O)[nH]2)c(OC)nc1N1CCN(C)CC1. The van der Waals surface area contributed by atoms with Gasteiger partial charge in [-0.25, -0.2) is 4.98 Å². The number of likely N-dealkylation sites (N-methyl/N-ethyl adjacent to an activating group) is 1. The number of methoxy groups -OCH3 is 1. The number of piperazine rings is 1. The molecule has 0 saturated carbocycles. The molecule has 0 spiro atoms. The van der Waals surface area contributed by atoms with Gasteiger partial charge in [0.15, 0.2) is 5.16 Å². The minimum absolute atomic E-state index is 0.189. The van der Waals surface area contributed by atoms with Crippen LogP contribution >= 0.6 is 11.8 Å². The number of anilines is 2. The van der Waals surface area contributed by atoms with Gasteiger partial charge in [-0.15, -0.1) is 0 Å². The quantitative estimate of drug-likeness (QED) is 0.686. The minimum Gasteiger partial charge on any atom is -0.480 e. The fourth-order valence-electron chi connectivity index (χ4n) is 2.96. The summed E-state index contributed by atoms with van der Waals surface area (Å²) in [6.45, 7) is 8.93. The molecule has 2 N–H and O–H groups in total. The third-order valence-corrected chi connectivity index (χ3v) is 5.31. The maximum atomic E-state index is 11.9. The molecule has 29 heavy (non-hydrogen) atoms. The van der Waals surface area contributed by atoms with E-state index >= 15 is 0 Å². The van der Waals surface area contributed by atoms with E-state index < -0.39 is 0 Å². The fourth-order valence-corrected chi connectivity index (χ4v) is 3.86. The molecule has 9 nitrogen and oxygen atoms in total. The molecule has 10 heteroatoms. The molecule has 3 heterocycles. The van der Waals surface area contributed by atoms with E-state index in [9.17, 15) is 9.59 Å². The van der Waals surface area contributed by atoms with E-state index in [1.807, 2.05) is 6.07 Å². The Kier molecular flexibility index (Phi) is 6.55. The number of aromatic amines is 1. The maximum absolute atomic E-state index is 11.9. The molecule has 0 bridgehead atoms. The molecular formula is C19H24N6O3S. The normalized spacial score (nSPS) is 14.5. The van der Waals surface area contributed by atoms with Crippen LogP contribution in [0.25, 0.3) is 6.08 Å². The lowest BCUT2D eigenvalue weighted by atomic mass is 10.2. The number of ether oxygens (including phenoxy) is 1. The molecule has 1 amide bonds. The Labute approximate surface area is 173 Å². The first-order valence-electron chi connectivity index (χ1n) is 9.11. The molecule has 2 aromatic heterocycles. The number of hydrogen-bond donors (Lipinski definition) is 2. The van der Waals surface area contributed by atoms with Crippen LogP contribution in [0.1, 0.15) is 12.5 Å². The van der Waals surface area contributed by atoms with Crippen LogP contribution < -0.4 is 20.5 Å². The van der Waals surface area contributed by atoms with Crippen molar-refractivity contribution in [2.24, 2.45) is 0 Å². The summed E-state index contributed by atoms with van der Waals surface area (Å²) < 4.78 is 5.50. The monoisotopic (exact) mass is 416 g/mol. The lowest BCUT2D eigenvalue weighted by Crippen LogP contribution is -2.45. The highest BCUT2D eigenvalue weighted by Crippen LogP contribution is 2.36. The van der Waals surface area contributed by atoms with Crippen molar-refractivity contribution in [2.45, 2.75) is 17.0 Å². The second-order valence-electron chi connectivity index (χ2n) is 6.62. The Bertz CT molecular complexity index is 969. The van der Waals surface area contributed by atoms with Gasteiger partial charge in [0.2, 0.25) is 11.8 Å². The molecule has 3 rings (SSSR count). The molecule has 1 aliphatic heterocycles. The standard InChI is InChI=1S/C19H24N6O3S/c1-5-13-10-14(29-19-21-15(20-12(2)26)11-16(27)22-19)18(28-4)23-17(13)25-8-6-24(3)7-9-25/h5,10-11H,1,6-9H2,2-4H3,(H2,20,21,22,26,27). The molecule has 1 fully saturated rings. The van der Waals surface area contributed by atoms with E-state index in [0.29, 0.717) is 15.9 Å². The zero-order chi connectivity index (χ0) is 21.0. The predicted octanol–water partition coefficient (Wildman–Crippen LogP) is 1.68. The van der Waals surface area contributed by atoms with Gasteiger partial charge >= 0.3 is 0 Å². The van der Waals surface area contributed by atoms with E-state index in [1.54, 1.807) is 13.2 Å². The summed E-state index contributed by atoms with van der Waals surface area (Å²) in [7, 11) is 3.65. The van der Waals surface area contributed by atoms with Crippen LogP contribution in [0.2, 0.25) is 0 Å². The van der Waals surface area contributed by atoms with Crippen molar-refractivity contribution >= 4 is 35.4 Å². The first-order valence-corrected chi connectivity index (χ1v) is 9.93. The number of amides is 1. The first-order chi connectivity index (χ1) is 13.9. The fraction of sp³-hybridized carbons (Fsp3) is 0.368. The second-order valence-corrected chi connectivity index (χ2v) is 7.65. The van der Waals surface area contributed by atoms with Crippen LogP contribution in [0.15, 0.2) is 33.6 Å². The van der Waals surface area contributed by atoms with E-state index in [0.717, 1.165) is 37.6 Å². The number of carbonyl (C=O) groups is 1. The Morgan fingerprint density at radius 1 is 1.31 bits per heavy atom. The van der Waals surface area contributed by atoms with Crippen molar-refractivity contribution in [1.29, 1.82) is 0 Å². The van der Waals surface area contributed by atoms with Gasteiger partial charge in [0, 0.05) is 44.7 Å². The molecule has 0 atom stereocenters. The van der Waals surface area contributed by atoms with Gasteiger partial charge in [-0.2, -0.15) is 4.98 Å². The van der Waals surface area contributed by atoms with Crippen LogP contribution in [0, 0.1) is 0 Å². The van der Waals surface area contributed by atoms with Crippen molar-refractivity contribution < 1.29 is 9.53 Å². The van der Waals surface area contributed by atoms with E-state index in [-0.39, 0.29) is 17.3 Å². The van der Waals surface area contributed by atoms with Crippen molar-refractivity contribution in [3.05, 3.63) is 34.6 Å². The van der Waals surface area contributed by atoms with E-state index in [4.69, 9.17) is 9.72 Å². The highest BCUT2D eigenvalue weighted by atomic mass is 32.2. The van der Waals surface area contributed by atoms with Crippen LogP contribution in [0.5, 0.6) is 5.88 Å². The molecule has 0 aromatic carbocycles. The first kappa shape index (κ1) is 20.9. The van der Waals surface area contributed by atoms with Gasteiger partial charge in [0.05, 0.1) is 12.0 Å². The lowest BCUT2D eigenvalue weighted by Gasteiger charge is -2.34. The van der Waals surface area contributed by atoms with Gasteiger partial charge in [-0.3, -0.25) is 9.59 Å². The van der Waals surface area contributed by atoms with Gasteiger partial charge in [0.1, 0.15) is 11.6 Å². The Hall–Kier alpha value is -2.85. The molecule has 154 valence electrons. The van der Waals surface area contributed by atoms with Crippen molar-refractivity contribution in [3.8, 4) is 5.88 Å². The van der Waals surface area contributed by atoms with Gasteiger partial charge in [-0.1, -0.05) is 12.7 Å². The number of pyridine rings is 1. The van der Waals surface area contributed by atoms with Crippen LogP contribution in [0.4, 0.5) is 11.6 Å². The number of H-pyrrole nitrogens is 1. The largest absolute Gasteiger partial charge is 0.480 e. The summed E-state index contributed by atoms with van der Waals surface area (Å²) in [5.41, 5.74) is 0.509. The van der Waals surface area contributed by atoms with Crippen LogP contribution in [0.3, 0.4) is 0 Å². The average molecular weight is 417 g/mol. The number of aromatic nitrogens is 3. The molecule has 1 saturated heterocycles. The van der Waals surface area contributed by atoms with E-state index in [2.05, 4.69) is 38.7 Å². The van der Waals surface area contributed by atoms with Crippen LogP contribution in [-0.2, 0) is 4.79 Å².